The zero-order chi connectivity index (χ0) is 17.2. The summed E-state index contributed by atoms with van der Waals surface area (Å²) in [5.41, 5.74) is 1.87. The Balaban J connectivity index is 1.57. The van der Waals surface area contributed by atoms with Gasteiger partial charge in [-0.2, -0.15) is 5.10 Å². The lowest BCUT2D eigenvalue weighted by atomic mass is 10.1. The van der Waals surface area contributed by atoms with E-state index < -0.39 is 0 Å². The van der Waals surface area contributed by atoms with Crippen molar-refractivity contribution in [1.82, 2.24) is 24.5 Å². The van der Waals surface area contributed by atoms with E-state index in [0.717, 1.165) is 11.5 Å². The number of rotatable bonds is 3. The van der Waals surface area contributed by atoms with E-state index in [1.807, 2.05) is 25.2 Å². The molecule has 25 heavy (non-hydrogen) atoms. The Kier molecular flexibility index (Phi) is 4.02. The third kappa shape index (κ3) is 2.91. The Morgan fingerprint density at radius 3 is 3.16 bits per heavy atom. The Morgan fingerprint density at radius 1 is 1.36 bits per heavy atom. The summed E-state index contributed by atoms with van der Waals surface area (Å²) in [4.78, 5) is 23.5. The van der Waals surface area contributed by atoms with E-state index in [4.69, 9.17) is 4.74 Å². The van der Waals surface area contributed by atoms with E-state index in [1.54, 1.807) is 34.1 Å². The number of pyridine rings is 1. The van der Waals surface area contributed by atoms with Gasteiger partial charge >= 0.3 is 0 Å². The van der Waals surface area contributed by atoms with E-state index in [9.17, 15) is 4.79 Å². The first kappa shape index (κ1) is 15.5. The number of nitrogens with zero attached hydrogens (tertiary/aromatic N) is 5. The predicted octanol–water partition coefficient (Wildman–Crippen LogP) is 1.38. The monoisotopic (exact) mass is 338 g/mol. The van der Waals surface area contributed by atoms with Gasteiger partial charge in [-0.15, -0.1) is 0 Å². The minimum Gasteiger partial charge on any atom is -0.373 e. The van der Waals surface area contributed by atoms with Crippen LogP contribution in [-0.4, -0.2) is 57.1 Å². The fraction of sp³-hybridized carbons (Fsp3) is 0.294. The first-order valence-electron chi connectivity index (χ1n) is 8.10. The molecule has 3 aromatic heterocycles. The number of fused-ring (bicyclic) bond motifs is 1. The summed E-state index contributed by atoms with van der Waals surface area (Å²) in [6, 6.07) is 7.50. The number of hydrogen-bond acceptors (Lipinski definition) is 6. The number of anilines is 1. The number of hydrogen-bond donors (Lipinski definition) is 1. The van der Waals surface area contributed by atoms with E-state index >= 15 is 0 Å². The van der Waals surface area contributed by atoms with Gasteiger partial charge in [0.15, 0.2) is 5.65 Å². The topological polar surface area (TPSA) is 84.7 Å². The highest BCUT2D eigenvalue weighted by atomic mass is 16.5. The van der Waals surface area contributed by atoms with Crippen LogP contribution in [0.4, 0.5) is 5.82 Å². The van der Waals surface area contributed by atoms with Crippen LogP contribution >= 0.6 is 0 Å². The first-order chi connectivity index (χ1) is 12.3. The molecule has 1 amide bonds. The van der Waals surface area contributed by atoms with E-state index in [0.29, 0.717) is 30.9 Å². The van der Waals surface area contributed by atoms with Gasteiger partial charge in [0.25, 0.3) is 5.91 Å². The lowest BCUT2D eigenvalue weighted by molar-refractivity contribution is -0.0246. The number of ether oxygens (including phenoxy) is 1. The van der Waals surface area contributed by atoms with E-state index in [1.165, 1.54) is 0 Å². The molecule has 3 aromatic rings. The lowest BCUT2D eigenvalue weighted by Gasteiger charge is -2.32. The number of carbonyl (C=O) groups excluding carboxylic acids is 1. The summed E-state index contributed by atoms with van der Waals surface area (Å²) < 4.78 is 7.43. The second-order valence-corrected chi connectivity index (χ2v) is 5.75. The number of aromatic nitrogens is 4. The molecule has 1 fully saturated rings. The molecule has 1 aliphatic heterocycles. The second-order valence-electron chi connectivity index (χ2n) is 5.75. The van der Waals surface area contributed by atoms with Crippen molar-refractivity contribution in [3.63, 3.8) is 0 Å². The summed E-state index contributed by atoms with van der Waals surface area (Å²) in [5, 5.41) is 7.21. The van der Waals surface area contributed by atoms with Crippen LogP contribution in [-0.2, 0) is 4.74 Å². The van der Waals surface area contributed by atoms with Crippen molar-refractivity contribution >= 4 is 17.4 Å². The smallest absolute Gasteiger partial charge is 0.259 e. The Bertz CT molecular complexity index is 909. The molecule has 128 valence electrons. The molecule has 0 saturated carbocycles. The molecule has 0 aromatic carbocycles. The molecular formula is C17H18N6O2. The van der Waals surface area contributed by atoms with Crippen LogP contribution in [0.15, 0.2) is 42.9 Å². The molecule has 4 rings (SSSR count). The van der Waals surface area contributed by atoms with Crippen LogP contribution in [0.25, 0.3) is 5.65 Å². The molecule has 0 aliphatic carbocycles. The van der Waals surface area contributed by atoms with Crippen LogP contribution in [0, 0.1) is 0 Å². The average molecular weight is 338 g/mol. The third-order valence-electron chi connectivity index (χ3n) is 4.22. The Labute approximate surface area is 144 Å². The van der Waals surface area contributed by atoms with Gasteiger partial charge in [-0.1, -0.05) is 6.07 Å². The quantitative estimate of drug-likeness (QED) is 0.777. The van der Waals surface area contributed by atoms with Crippen LogP contribution in [0.5, 0.6) is 0 Å². The third-order valence-corrected chi connectivity index (χ3v) is 4.22. The van der Waals surface area contributed by atoms with Crippen LogP contribution in [0.2, 0.25) is 0 Å². The largest absolute Gasteiger partial charge is 0.373 e. The highest BCUT2D eigenvalue weighted by Crippen LogP contribution is 2.23. The van der Waals surface area contributed by atoms with Crippen molar-refractivity contribution in [2.45, 2.75) is 6.10 Å². The zero-order valence-corrected chi connectivity index (χ0v) is 13.8. The van der Waals surface area contributed by atoms with E-state index in [-0.39, 0.29) is 12.0 Å². The van der Waals surface area contributed by atoms with Crippen molar-refractivity contribution in [3.8, 4) is 0 Å². The minimum absolute atomic E-state index is 0.0910. The fourth-order valence-electron chi connectivity index (χ4n) is 2.93. The van der Waals surface area contributed by atoms with Crippen molar-refractivity contribution in [2.75, 3.05) is 32.1 Å². The second kappa shape index (κ2) is 6.48. The van der Waals surface area contributed by atoms with Gasteiger partial charge in [0.2, 0.25) is 0 Å². The van der Waals surface area contributed by atoms with Gasteiger partial charge in [-0.05, 0) is 18.2 Å². The molecule has 1 atom stereocenters. The summed E-state index contributed by atoms with van der Waals surface area (Å²) in [6.45, 7) is 1.45. The lowest BCUT2D eigenvalue weighted by Crippen LogP contribution is -2.42. The Morgan fingerprint density at radius 2 is 2.28 bits per heavy atom. The van der Waals surface area contributed by atoms with Gasteiger partial charge in [0.05, 0.1) is 25.0 Å². The van der Waals surface area contributed by atoms with Crippen molar-refractivity contribution in [2.24, 2.45) is 0 Å². The maximum atomic E-state index is 12.9. The first-order valence-corrected chi connectivity index (χ1v) is 8.10. The van der Waals surface area contributed by atoms with Crippen molar-refractivity contribution in [1.29, 1.82) is 0 Å². The molecule has 0 unspecified atom stereocenters. The number of amides is 1. The summed E-state index contributed by atoms with van der Waals surface area (Å²) in [7, 11) is 1.82. The number of morpholine rings is 1. The average Bonchev–Trinajstić information content (AvgIpc) is 3.11. The summed E-state index contributed by atoms with van der Waals surface area (Å²) in [6.07, 6.45) is 4.74. The molecule has 1 aliphatic rings. The molecule has 4 heterocycles. The van der Waals surface area contributed by atoms with Gasteiger partial charge in [0, 0.05) is 26.0 Å². The number of carbonyl (C=O) groups is 1. The SMILES string of the molecule is CNc1cccc([C@H]2CN(C(=O)c3cnn4cccnc34)CCO2)n1. The molecule has 1 saturated heterocycles. The maximum absolute atomic E-state index is 12.9. The van der Waals surface area contributed by atoms with Gasteiger partial charge < -0.3 is 15.0 Å². The fourth-order valence-corrected chi connectivity index (χ4v) is 2.93. The number of nitrogens with one attached hydrogen (secondary N) is 1. The molecule has 8 heteroatoms. The van der Waals surface area contributed by atoms with Crippen molar-refractivity contribution in [3.05, 3.63) is 54.1 Å². The standard InChI is InChI=1S/C17H18N6O2/c1-18-15-5-2-4-13(21-15)14-11-22(8-9-25-14)17(24)12-10-20-23-7-3-6-19-16(12)23/h2-7,10,14H,8-9,11H2,1H3,(H,18,21)/t14-/m1/s1. The van der Waals surface area contributed by atoms with Crippen molar-refractivity contribution < 1.29 is 9.53 Å². The zero-order valence-electron chi connectivity index (χ0n) is 13.8. The van der Waals surface area contributed by atoms with Gasteiger partial charge in [-0.3, -0.25) is 4.79 Å². The molecule has 1 N–H and O–H groups in total. The summed E-state index contributed by atoms with van der Waals surface area (Å²) in [5.74, 6) is 0.683. The van der Waals surface area contributed by atoms with Crippen LogP contribution in [0.3, 0.4) is 0 Å². The molecule has 0 spiro atoms. The predicted molar refractivity (Wildman–Crippen MR) is 91.4 cm³/mol. The van der Waals surface area contributed by atoms with Crippen LogP contribution < -0.4 is 5.32 Å². The minimum atomic E-state index is -0.249. The highest BCUT2D eigenvalue weighted by molar-refractivity contribution is 5.99. The van der Waals surface area contributed by atoms with E-state index in [2.05, 4.69) is 20.4 Å². The Hall–Kier alpha value is -3.00. The molecule has 0 radical (unpaired) electrons. The van der Waals surface area contributed by atoms with Gasteiger partial charge in [0.1, 0.15) is 17.5 Å². The maximum Gasteiger partial charge on any atom is 0.259 e. The highest BCUT2D eigenvalue weighted by Gasteiger charge is 2.28. The summed E-state index contributed by atoms with van der Waals surface area (Å²) >= 11 is 0. The molecule has 8 nitrogen and oxygen atoms in total. The van der Waals surface area contributed by atoms with Gasteiger partial charge in [-0.25, -0.2) is 14.5 Å². The molecule has 0 bridgehead atoms. The molecular weight excluding hydrogens is 320 g/mol. The van der Waals surface area contributed by atoms with Crippen LogP contribution in [0.1, 0.15) is 22.2 Å². The normalized spacial score (nSPS) is 17.6.